The number of nitrogens with one attached hydrogen (secondary N) is 4. The monoisotopic (exact) mass is 383 g/mol. The quantitative estimate of drug-likeness (QED) is 0.151. The highest BCUT2D eigenvalue weighted by Crippen LogP contribution is 2.06. The van der Waals surface area contributed by atoms with Gasteiger partial charge in [-0.1, -0.05) is 58.8 Å². The Bertz CT molecular complexity index is 415. The van der Waals surface area contributed by atoms with Crippen molar-refractivity contribution in [2.24, 2.45) is 5.73 Å². The number of hydrogen-bond donors (Lipinski definition) is 5. The highest BCUT2D eigenvalue weighted by molar-refractivity contribution is 5.87. The average Bonchev–Trinajstić information content (AvgIpc) is 2.63. The highest BCUT2D eigenvalue weighted by atomic mass is 16.2. The van der Waals surface area contributed by atoms with Crippen LogP contribution in [0.2, 0.25) is 0 Å². The van der Waals surface area contributed by atoms with Crippen molar-refractivity contribution in [1.82, 2.24) is 16.0 Å². The van der Waals surface area contributed by atoms with Crippen molar-refractivity contribution in [1.29, 1.82) is 5.41 Å². The fourth-order valence-electron chi connectivity index (χ4n) is 2.84. The van der Waals surface area contributed by atoms with Crippen molar-refractivity contribution in [3.8, 4) is 0 Å². The van der Waals surface area contributed by atoms with Crippen LogP contribution in [0.3, 0.4) is 0 Å². The van der Waals surface area contributed by atoms with Crippen LogP contribution < -0.4 is 21.7 Å². The molecule has 0 fully saturated rings. The van der Waals surface area contributed by atoms with Crippen LogP contribution in [0.15, 0.2) is 0 Å². The first-order valence-corrected chi connectivity index (χ1v) is 10.7. The van der Waals surface area contributed by atoms with E-state index in [9.17, 15) is 9.59 Å². The molecule has 0 spiro atoms. The third-order valence-corrected chi connectivity index (χ3v) is 4.47. The molecule has 0 aromatic rings. The summed E-state index contributed by atoms with van der Waals surface area (Å²) in [6, 6.07) is -0.520. The van der Waals surface area contributed by atoms with Gasteiger partial charge >= 0.3 is 0 Å². The number of carbonyl (C=O) groups is 2. The fraction of sp³-hybridized carbons (Fsp3) is 0.850. The van der Waals surface area contributed by atoms with Crippen LogP contribution >= 0.6 is 0 Å². The van der Waals surface area contributed by atoms with Crippen molar-refractivity contribution >= 4 is 17.8 Å². The fourth-order valence-corrected chi connectivity index (χ4v) is 2.84. The topological polar surface area (TPSA) is 120 Å². The van der Waals surface area contributed by atoms with Crippen LogP contribution in [0.4, 0.5) is 0 Å². The van der Waals surface area contributed by atoms with Gasteiger partial charge in [0.05, 0.1) is 0 Å². The van der Waals surface area contributed by atoms with E-state index >= 15 is 0 Å². The molecule has 2 amide bonds. The molecule has 7 nitrogen and oxygen atoms in total. The highest BCUT2D eigenvalue weighted by Gasteiger charge is 2.19. The first-order valence-electron chi connectivity index (χ1n) is 10.7. The third-order valence-electron chi connectivity index (χ3n) is 4.47. The second-order valence-corrected chi connectivity index (χ2v) is 7.12. The molecule has 0 bridgehead atoms. The van der Waals surface area contributed by atoms with Crippen molar-refractivity contribution in [3.63, 3.8) is 0 Å². The zero-order valence-electron chi connectivity index (χ0n) is 17.4. The molecule has 27 heavy (non-hydrogen) atoms. The van der Waals surface area contributed by atoms with Gasteiger partial charge in [-0.2, -0.15) is 0 Å². The predicted octanol–water partition coefficient (Wildman–Crippen LogP) is 2.79. The Morgan fingerprint density at radius 3 is 2.07 bits per heavy atom. The van der Waals surface area contributed by atoms with E-state index in [0.29, 0.717) is 32.4 Å². The lowest BCUT2D eigenvalue weighted by molar-refractivity contribution is -0.129. The van der Waals surface area contributed by atoms with Gasteiger partial charge in [-0.15, -0.1) is 0 Å². The summed E-state index contributed by atoms with van der Waals surface area (Å²) in [4.78, 5) is 24.6. The van der Waals surface area contributed by atoms with Gasteiger partial charge in [-0.25, -0.2) is 0 Å². The lowest BCUT2D eigenvalue weighted by Crippen LogP contribution is -2.47. The van der Waals surface area contributed by atoms with Gasteiger partial charge in [0.1, 0.15) is 6.04 Å². The van der Waals surface area contributed by atoms with Gasteiger partial charge in [0.2, 0.25) is 11.8 Å². The molecule has 1 unspecified atom stereocenters. The maximum Gasteiger partial charge on any atom is 0.242 e. The van der Waals surface area contributed by atoms with Crippen molar-refractivity contribution in [2.45, 2.75) is 96.9 Å². The van der Waals surface area contributed by atoms with E-state index < -0.39 is 6.04 Å². The Balaban J connectivity index is 4.29. The van der Waals surface area contributed by atoms with Gasteiger partial charge < -0.3 is 21.7 Å². The van der Waals surface area contributed by atoms with Gasteiger partial charge in [-0.3, -0.25) is 15.0 Å². The Morgan fingerprint density at radius 1 is 0.852 bits per heavy atom. The number of hydrogen-bond acceptors (Lipinski definition) is 3. The Morgan fingerprint density at radius 2 is 1.44 bits per heavy atom. The van der Waals surface area contributed by atoms with E-state index in [1.807, 2.05) is 0 Å². The predicted molar refractivity (Wildman–Crippen MR) is 112 cm³/mol. The van der Waals surface area contributed by atoms with Crippen LogP contribution in [0.5, 0.6) is 0 Å². The minimum absolute atomic E-state index is 0.0582. The Kier molecular flexibility index (Phi) is 16.4. The zero-order chi connectivity index (χ0) is 20.3. The molecule has 0 saturated carbocycles. The van der Waals surface area contributed by atoms with E-state index in [1.54, 1.807) is 0 Å². The molecule has 0 aromatic heterocycles. The molecule has 1 atom stereocenters. The average molecular weight is 384 g/mol. The molecule has 0 aromatic carbocycles. The number of rotatable bonds is 17. The third kappa shape index (κ3) is 16.1. The van der Waals surface area contributed by atoms with Crippen LogP contribution in [0.25, 0.3) is 0 Å². The second-order valence-electron chi connectivity index (χ2n) is 7.12. The summed E-state index contributed by atoms with van der Waals surface area (Å²) in [7, 11) is 0. The van der Waals surface area contributed by atoms with Gasteiger partial charge in [-0.05, 0) is 25.7 Å². The summed E-state index contributed by atoms with van der Waals surface area (Å²) in [6.45, 7) is 5.48. The number of unbranched alkanes of at least 4 members (excludes halogenated alkanes) is 7. The molecular formula is C20H41N5O2. The van der Waals surface area contributed by atoms with Crippen LogP contribution in [0.1, 0.15) is 90.9 Å². The molecule has 0 radical (unpaired) electrons. The molecule has 0 aliphatic heterocycles. The van der Waals surface area contributed by atoms with Crippen molar-refractivity contribution in [3.05, 3.63) is 0 Å². The Hall–Kier alpha value is -1.79. The first kappa shape index (κ1) is 25.2. The molecule has 0 aliphatic rings. The van der Waals surface area contributed by atoms with E-state index in [1.165, 1.54) is 19.3 Å². The van der Waals surface area contributed by atoms with Crippen molar-refractivity contribution in [2.75, 3.05) is 13.1 Å². The summed E-state index contributed by atoms with van der Waals surface area (Å²) in [6.07, 6.45) is 11.5. The lowest BCUT2D eigenvalue weighted by Gasteiger charge is -2.19. The van der Waals surface area contributed by atoms with Gasteiger partial charge in [0.25, 0.3) is 0 Å². The molecule has 0 heterocycles. The first-order chi connectivity index (χ1) is 13.0. The summed E-state index contributed by atoms with van der Waals surface area (Å²) in [5.41, 5.74) is 5.27. The van der Waals surface area contributed by atoms with E-state index in [0.717, 1.165) is 38.5 Å². The van der Waals surface area contributed by atoms with Crippen LogP contribution in [-0.2, 0) is 9.59 Å². The zero-order valence-corrected chi connectivity index (χ0v) is 17.4. The molecule has 7 heteroatoms. The van der Waals surface area contributed by atoms with E-state index in [-0.39, 0.29) is 17.8 Å². The summed E-state index contributed by atoms with van der Waals surface area (Å²) in [5, 5.41) is 15.7. The molecule has 0 rings (SSSR count). The second kappa shape index (κ2) is 17.6. The van der Waals surface area contributed by atoms with Gasteiger partial charge in [0.15, 0.2) is 5.96 Å². The Labute approximate surface area is 165 Å². The number of carbonyl (C=O) groups excluding carboxylic acids is 2. The largest absolute Gasteiger partial charge is 0.370 e. The number of nitrogens with two attached hydrogens (primary N) is 1. The number of amides is 2. The van der Waals surface area contributed by atoms with Crippen LogP contribution in [0, 0.1) is 5.41 Å². The normalized spacial score (nSPS) is 11.6. The summed E-state index contributed by atoms with van der Waals surface area (Å²) < 4.78 is 0. The van der Waals surface area contributed by atoms with Crippen LogP contribution in [-0.4, -0.2) is 36.9 Å². The van der Waals surface area contributed by atoms with Crippen molar-refractivity contribution < 1.29 is 9.59 Å². The maximum atomic E-state index is 12.4. The minimum Gasteiger partial charge on any atom is -0.370 e. The lowest BCUT2D eigenvalue weighted by atomic mass is 10.1. The molecule has 0 saturated heterocycles. The van der Waals surface area contributed by atoms with Gasteiger partial charge in [0, 0.05) is 19.5 Å². The molecular weight excluding hydrogens is 342 g/mol. The smallest absolute Gasteiger partial charge is 0.242 e. The maximum absolute atomic E-state index is 12.4. The SMILES string of the molecule is CCCCCCCC(=O)NC(CCCNC(=N)N)C(=O)NCCCCCC. The standard InChI is InChI=1S/C20H41N5O2/c1-3-5-7-9-10-14-18(26)25-17(13-12-16-24-20(21)22)19(27)23-15-11-8-6-4-2/h17H,3-16H2,1-2H3,(H,23,27)(H,25,26)(H4,21,22,24). The number of guanidine groups is 1. The minimum atomic E-state index is -0.520. The molecule has 158 valence electrons. The van der Waals surface area contributed by atoms with E-state index in [2.05, 4.69) is 29.8 Å². The molecule has 0 aliphatic carbocycles. The van der Waals surface area contributed by atoms with E-state index in [4.69, 9.17) is 11.1 Å². The summed E-state index contributed by atoms with van der Waals surface area (Å²) >= 11 is 0. The molecule has 6 N–H and O–H groups in total. The summed E-state index contributed by atoms with van der Waals surface area (Å²) in [5.74, 6) is -0.256.